The Kier molecular flexibility index (Phi) is 3.74. The van der Waals surface area contributed by atoms with E-state index >= 15 is 0 Å². The minimum absolute atomic E-state index is 0.0171. The van der Waals surface area contributed by atoms with Gasteiger partial charge >= 0.3 is 0 Å². The Morgan fingerprint density at radius 3 is 2.90 bits per heavy atom. The summed E-state index contributed by atoms with van der Waals surface area (Å²) in [4.78, 5) is 12.0. The molecule has 0 radical (unpaired) electrons. The zero-order valence-electron chi connectivity index (χ0n) is 10.8. The van der Waals surface area contributed by atoms with Crippen LogP contribution in [0, 0.1) is 0 Å². The van der Waals surface area contributed by atoms with Gasteiger partial charge in [-0.1, -0.05) is 40.2 Å². The number of fused-ring (bicyclic) bond motifs is 1. The Labute approximate surface area is 126 Å². The molecular formula is C16H14BrNO2. The molecule has 1 N–H and O–H groups in total. The minimum Gasteiger partial charge on any atom is -0.488 e. The summed E-state index contributed by atoms with van der Waals surface area (Å²) in [5.41, 5.74) is 1.85. The summed E-state index contributed by atoms with van der Waals surface area (Å²) in [5.74, 6) is 0.847. The van der Waals surface area contributed by atoms with Crippen LogP contribution < -0.4 is 10.1 Å². The fourth-order valence-electron chi connectivity index (χ4n) is 2.31. The van der Waals surface area contributed by atoms with Crippen LogP contribution in [-0.2, 0) is 6.42 Å². The van der Waals surface area contributed by atoms with Crippen molar-refractivity contribution in [1.82, 2.24) is 5.32 Å². The van der Waals surface area contributed by atoms with Crippen molar-refractivity contribution in [2.24, 2.45) is 0 Å². The fraction of sp³-hybridized carbons (Fsp3) is 0.188. The van der Waals surface area contributed by atoms with Crippen LogP contribution in [0.2, 0.25) is 0 Å². The molecule has 20 heavy (non-hydrogen) atoms. The summed E-state index contributed by atoms with van der Waals surface area (Å²) < 4.78 is 6.69. The van der Waals surface area contributed by atoms with Crippen LogP contribution in [0.15, 0.2) is 53.0 Å². The Balaban J connectivity index is 1.58. The molecule has 0 saturated carbocycles. The van der Waals surface area contributed by atoms with E-state index < -0.39 is 0 Å². The molecule has 0 bridgehead atoms. The molecule has 0 aliphatic carbocycles. The number of para-hydroxylation sites is 1. The Bertz CT molecular complexity index is 617. The Morgan fingerprint density at radius 2 is 2.10 bits per heavy atom. The van der Waals surface area contributed by atoms with Gasteiger partial charge in [-0.2, -0.15) is 0 Å². The van der Waals surface area contributed by atoms with Gasteiger partial charge in [0.2, 0.25) is 0 Å². The number of hydrogen-bond donors (Lipinski definition) is 1. The normalized spacial score (nSPS) is 16.4. The highest BCUT2D eigenvalue weighted by Crippen LogP contribution is 2.27. The van der Waals surface area contributed by atoms with Crippen LogP contribution in [0.5, 0.6) is 5.75 Å². The van der Waals surface area contributed by atoms with Gasteiger partial charge < -0.3 is 10.1 Å². The smallest absolute Gasteiger partial charge is 0.251 e. The van der Waals surface area contributed by atoms with Crippen LogP contribution in [0.3, 0.4) is 0 Å². The van der Waals surface area contributed by atoms with Crippen LogP contribution in [0.4, 0.5) is 0 Å². The lowest BCUT2D eigenvalue weighted by molar-refractivity contribution is 0.0933. The van der Waals surface area contributed by atoms with E-state index in [9.17, 15) is 4.79 Å². The van der Waals surface area contributed by atoms with Crippen LogP contribution in [0.25, 0.3) is 0 Å². The van der Waals surface area contributed by atoms with Crippen molar-refractivity contribution >= 4 is 21.8 Å². The van der Waals surface area contributed by atoms with E-state index in [0.717, 1.165) is 16.6 Å². The first-order valence-corrected chi connectivity index (χ1v) is 7.30. The predicted molar refractivity (Wildman–Crippen MR) is 81.0 cm³/mol. The Morgan fingerprint density at radius 1 is 1.25 bits per heavy atom. The average Bonchev–Trinajstić information content (AvgIpc) is 2.87. The molecule has 102 valence electrons. The van der Waals surface area contributed by atoms with E-state index in [1.165, 1.54) is 5.56 Å². The molecule has 2 aromatic carbocycles. The fourth-order valence-corrected chi connectivity index (χ4v) is 2.71. The van der Waals surface area contributed by atoms with Gasteiger partial charge in [-0.05, 0) is 29.8 Å². The van der Waals surface area contributed by atoms with Crippen molar-refractivity contribution < 1.29 is 9.53 Å². The SMILES string of the molecule is O=C(NCC1Cc2ccccc2O1)c1cccc(Br)c1. The summed E-state index contributed by atoms with van der Waals surface area (Å²) in [6, 6.07) is 15.3. The lowest BCUT2D eigenvalue weighted by atomic mass is 10.1. The van der Waals surface area contributed by atoms with E-state index in [1.54, 1.807) is 12.1 Å². The molecule has 0 saturated heterocycles. The lowest BCUT2D eigenvalue weighted by Gasteiger charge is -2.12. The van der Waals surface area contributed by atoms with E-state index in [-0.39, 0.29) is 12.0 Å². The molecule has 3 rings (SSSR count). The number of ether oxygens (including phenoxy) is 1. The maximum absolute atomic E-state index is 12.0. The van der Waals surface area contributed by atoms with Gasteiger partial charge in [0, 0.05) is 16.5 Å². The zero-order chi connectivity index (χ0) is 13.9. The van der Waals surface area contributed by atoms with Gasteiger partial charge in [0.15, 0.2) is 0 Å². The van der Waals surface area contributed by atoms with E-state index in [0.29, 0.717) is 12.1 Å². The number of carbonyl (C=O) groups is 1. The minimum atomic E-state index is -0.0779. The van der Waals surface area contributed by atoms with Gasteiger partial charge in [-0.25, -0.2) is 0 Å². The molecule has 1 unspecified atom stereocenters. The molecule has 3 nitrogen and oxygen atoms in total. The second-order valence-corrected chi connectivity index (χ2v) is 5.69. The summed E-state index contributed by atoms with van der Waals surface area (Å²) >= 11 is 3.36. The van der Waals surface area contributed by atoms with Crippen molar-refractivity contribution in [1.29, 1.82) is 0 Å². The van der Waals surface area contributed by atoms with Gasteiger partial charge in [0.05, 0.1) is 6.54 Å². The average molecular weight is 332 g/mol. The van der Waals surface area contributed by atoms with E-state index in [1.807, 2.05) is 30.3 Å². The van der Waals surface area contributed by atoms with Gasteiger partial charge in [-0.3, -0.25) is 4.79 Å². The van der Waals surface area contributed by atoms with E-state index in [2.05, 4.69) is 27.3 Å². The molecule has 0 spiro atoms. The highest BCUT2D eigenvalue weighted by atomic mass is 79.9. The first-order valence-electron chi connectivity index (χ1n) is 6.51. The molecule has 1 heterocycles. The van der Waals surface area contributed by atoms with Crippen molar-refractivity contribution in [3.05, 3.63) is 64.1 Å². The zero-order valence-corrected chi connectivity index (χ0v) is 12.4. The van der Waals surface area contributed by atoms with Crippen molar-refractivity contribution in [2.75, 3.05) is 6.54 Å². The van der Waals surface area contributed by atoms with Crippen LogP contribution in [0.1, 0.15) is 15.9 Å². The number of rotatable bonds is 3. The van der Waals surface area contributed by atoms with Gasteiger partial charge in [-0.15, -0.1) is 0 Å². The second-order valence-electron chi connectivity index (χ2n) is 4.77. The topological polar surface area (TPSA) is 38.3 Å². The summed E-state index contributed by atoms with van der Waals surface area (Å²) in [5, 5.41) is 2.92. The number of nitrogens with one attached hydrogen (secondary N) is 1. The maximum Gasteiger partial charge on any atom is 0.251 e. The summed E-state index contributed by atoms with van der Waals surface area (Å²) in [6.45, 7) is 0.514. The van der Waals surface area contributed by atoms with Gasteiger partial charge in [0.1, 0.15) is 11.9 Å². The number of halogens is 1. The third kappa shape index (κ3) is 2.85. The molecule has 1 atom stereocenters. The molecule has 1 amide bonds. The van der Waals surface area contributed by atoms with Crippen LogP contribution >= 0.6 is 15.9 Å². The predicted octanol–water partition coefficient (Wildman–Crippen LogP) is 3.18. The first kappa shape index (κ1) is 13.2. The Hall–Kier alpha value is -1.81. The van der Waals surface area contributed by atoms with Crippen molar-refractivity contribution in [3.8, 4) is 5.75 Å². The number of carbonyl (C=O) groups excluding carboxylic acids is 1. The standard InChI is InChI=1S/C16H14BrNO2/c17-13-6-3-5-12(8-13)16(19)18-10-14-9-11-4-1-2-7-15(11)20-14/h1-8,14H,9-10H2,(H,18,19). The number of benzene rings is 2. The van der Waals surface area contributed by atoms with Crippen LogP contribution in [-0.4, -0.2) is 18.6 Å². The molecule has 1 aliphatic rings. The largest absolute Gasteiger partial charge is 0.488 e. The second kappa shape index (κ2) is 5.67. The highest BCUT2D eigenvalue weighted by Gasteiger charge is 2.22. The lowest BCUT2D eigenvalue weighted by Crippen LogP contribution is -2.34. The number of hydrogen-bond acceptors (Lipinski definition) is 2. The molecule has 4 heteroatoms. The molecule has 0 fully saturated rings. The third-order valence-electron chi connectivity index (χ3n) is 3.29. The van der Waals surface area contributed by atoms with Crippen molar-refractivity contribution in [2.45, 2.75) is 12.5 Å². The monoisotopic (exact) mass is 331 g/mol. The third-order valence-corrected chi connectivity index (χ3v) is 3.78. The quantitative estimate of drug-likeness (QED) is 0.938. The highest BCUT2D eigenvalue weighted by molar-refractivity contribution is 9.10. The molecule has 0 aromatic heterocycles. The maximum atomic E-state index is 12.0. The van der Waals surface area contributed by atoms with Crippen molar-refractivity contribution in [3.63, 3.8) is 0 Å². The molecule has 1 aliphatic heterocycles. The molecule has 2 aromatic rings. The molecular weight excluding hydrogens is 318 g/mol. The summed E-state index contributed by atoms with van der Waals surface area (Å²) in [6.07, 6.45) is 0.859. The summed E-state index contributed by atoms with van der Waals surface area (Å²) in [7, 11) is 0. The number of amides is 1. The first-order chi connectivity index (χ1) is 9.72. The van der Waals surface area contributed by atoms with Gasteiger partial charge in [0.25, 0.3) is 5.91 Å². The van der Waals surface area contributed by atoms with E-state index in [4.69, 9.17) is 4.74 Å².